The van der Waals surface area contributed by atoms with Crippen LogP contribution >= 0.6 is 11.3 Å². The zero-order chi connectivity index (χ0) is 17.0. The average Bonchev–Trinajstić information content (AvgIpc) is 3.07. The number of ether oxygens (including phenoxy) is 1. The van der Waals surface area contributed by atoms with Gasteiger partial charge < -0.3 is 4.74 Å². The molecule has 23 heavy (non-hydrogen) atoms. The van der Waals surface area contributed by atoms with Crippen molar-refractivity contribution in [3.05, 3.63) is 47.3 Å². The molecule has 0 aliphatic heterocycles. The number of hydrogen-bond donors (Lipinski definition) is 0. The molecule has 2 aromatic rings. The smallest absolute Gasteiger partial charge is 0.326 e. The van der Waals surface area contributed by atoms with Crippen molar-refractivity contribution in [3.63, 3.8) is 0 Å². The molecule has 0 N–H and O–H groups in total. The second-order valence-corrected chi connectivity index (χ2v) is 8.30. The van der Waals surface area contributed by atoms with Crippen molar-refractivity contribution in [1.82, 2.24) is 0 Å². The first-order valence-corrected chi connectivity index (χ1v) is 9.41. The number of nitrogens with zero attached hydrogens (tertiary/aromatic N) is 1. The van der Waals surface area contributed by atoms with Crippen molar-refractivity contribution < 1.29 is 17.9 Å². The van der Waals surface area contributed by atoms with Crippen molar-refractivity contribution in [3.8, 4) is 0 Å². The minimum Gasteiger partial charge on any atom is -0.468 e. The fraction of sp³-hybridized carbons (Fsp3) is 0.312. The van der Waals surface area contributed by atoms with E-state index in [4.69, 9.17) is 0 Å². The molecule has 124 valence electrons. The fourth-order valence-electron chi connectivity index (χ4n) is 2.04. The molecule has 0 atom stereocenters. The molecule has 1 aromatic heterocycles. The summed E-state index contributed by atoms with van der Waals surface area (Å²) in [6, 6.07) is 10.3. The number of methoxy groups -OCH3 is 1. The molecule has 0 spiro atoms. The number of carbonyl (C=O) groups is 1. The normalized spacial score (nSPS) is 11.5. The van der Waals surface area contributed by atoms with E-state index in [1.807, 2.05) is 12.1 Å². The van der Waals surface area contributed by atoms with Crippen LogP contribution in [-0.2, 0) is 19.6 Å². The minimum atomic E-state index is -3.80. The first kappa shape index (κ1) is 17.5. The third-order valence-electron chi connectivity index (χ3n) is 3.39. The van der Waals surface area contributed by atoms with Crippen LogP contribution in [0.25, 0.3) is 0 Å². The molecule has 1 aromatic carbocycles. The highest BCUT2D eigenvalue weighted by Gasteiger charge is 2.28. The van der Waals surface area contributed by atoms with Crippen LogP contribution in [0.3, 0.4) is 0 Å². The number of rotatable bonds is 6. The Hall–Kier alpha value is -1.86. The Labute approximate surface area is 140 Å². The van der Waals surface area contributed by atoms with E-state index in [0.717, 1.165) is 21.2 Å². The summed E-state index contributed by atoms with van der Waals surface area (Å²) in [6.07, 6.45) is 0. The summed E-state index contributed by atoms with van der Waals surface area (Å²) in [5.41, 5.74) is 1.54. The van der Waals surface area contributed by atoms with Crippen molar-refractivity contribution in [1.29, 1.82) is 0 Å². The van der Waals surface area contributed by atoms with Crippen LogP contribution in [0.1, 0.15) is 25.3 Å². The Balaban J connectivity index is 2.44. The van der Waals surface area contributed by atoms with Gasteiger partial charge in [0.05, 0.1) is 12.8 Å². The van der Waals surface area contributed by atoms with Crippen molar-refractivity contribution in [2.45, 2.75) is 24.0 Å². The molecule has 0 saturated heterocycles. The molecule has 7 heteroatoms. The van der Waals surface area contributed by atoms with Gasteiger partial charge in [0.1, 0.15) is 10.8 Å². The highest BCUT2D eigenvalue weighted by molar-refractivity contribution is 7.94. The van der Waals surface area contributed by atoms with Gasteiger partial charge in [-0.15, -0.1) is 11.3 Å². The topological polar surface area (TPSA) is 63.7 Å². The molecule has 0 amide bonds. The lowest BCUT2D eigenvalue weighted by Crippen LogP contribution is -2.35. The lowest BCUT2D eigenvalue weighted by atomic mass is 10.0. The Kier molecular flexibility index (Phi) is 5.43. The molecule has 5 nitrogen and oxygen atoms in total. The summed E-state index contributed by atoms with van der Waals surface area (Å²) in [6.45, 7) is 3.75. The van der Waals surface area contributed by atoms with Crippen molar-refractivity contribution in [2.24, 2.45) is 0 Å². The second-order valence-electron chi connectivity index (χ2n) is 5.27. The van der Waals surface area contributed by atoms with Gasteiger partial charge in [0.15, 0.2) is 0 Å². The van der Waals surface area contributed by atoms with E-state index in [1.54, 1.807) is 23.6 Å². The molecule has 0 aliphatic rings. The van der Waals surface area contributed by atoms with Gasteiger partial charge in [-0.3, -0.25) is 9.10 Å². The first-order valence-electron chi connectivity index (χ1n) is 7.09. The third-order valence-corrected chi connectivity index (χ3v) is 6.53. The van der Waals surface area contributed by atoms with Crippen LogP contribution in [0.15, 0.2) is 46.0 Å². The standard InChI is InChI=1S/C16H19NO4S2/c1-12(2)13-6-8-14(9-7-13)17(11-15(18)21-3)23(19,20)16-5-4-10-22-16/h4-10,12H,11H2,1-3H3. The van der Waals surface area contributed by atoms with Gasteiger partial charge in [-0.1, -0.05) is 32.0 Å². The molecule has 0 aliphatic carbocycles. The largest absolute Gasteiger partial charge is 0.468 e. The lowest BCUT2D eigenvalue weighted by Gasteiger charge is -2.23. The summed E-state index contributed by atoms with van der Waals surface area (Å²) in [4.78, 5) is 11.7. The highest BCUT2D eigenvalue weighted by atomic mass is 32.2. The summed E-state index contributed by atoms with van der Waals surface area (Å²) >= 11 is 1.11. The number of hydrogen-bond acceptors (Lipinski definition) is 5. The molecule has 0 saturated carbocycles. The molecule has 0 unspecified atom stereocenters. The van der Waals surface area contributed by atoms with Gasteiger partial charge in [0.2, 0.25) is 0 Å². The Morgan fingerprint density at radius 3 is 2.35 bits per heavy atom. The van der Waals surface area contributed by atoms with Crippen LogP contribution in [0, 0.1) is 0 Å². The maximum absolute atomic E-state index is 12.8. The second kappa shape index (κ2) is 7.14. The molecule has 1 heterocycles. The van der Waals surface area contributed by atoms with E-state index < -0.39 is 16.0 Å². The Morgan fingerprint density at radius 2 is 1.87 bits per heavy atom. The van der Waals surface area contributed by atoms with Crippen LogP contribution in [-0.4, -0.2) is 28.0 Å². The summed E-state index contributed by atoms with van der Waals surface area (Å²) < 4.78 is 31.5. The summed E-state index contributed by atoms with van der Waals surface area (Å²) in [5, 5.41) is 1.69. The number of sulfonamides is 1. The van der Waals surface area contributed by atoms with E-state index in [2.05, 4.69) is 18.6 Å². The quantitative estimate of drug-likeness (QED) is 0.748. The van der Waals surface area contributed by atoms with E-state index in [0.29, 0.717) is 11.6 Å². The van der Waals surface area contributed by atoms with E-state index >= 15 is 0 Å². The van der Waals surface area contributed by atoms with Gasteiger partial charge in [-0.05, 0) is 35.1 Å². The summed E-state index contributed by atoms with van der Waals surface area (Å²) in [7, 11) is -2.56. The molecule has 2 rings (SSSR count). The van der Waals surface area contributed by atoms with Gasteiger partial charge in [0, 0.05) is 0 Å². The number of benzene rings is 1. The van der Waals surface area contributed by atoms with E-state index in [9.17, 15) is 13.2 Å². The van der Waals surface area contributed by atoms with Gasteiger partial charge >= 0.3 is 5.97 Å². The summed E-state index contributed by atoms with van der Waals surface area (Å²) in [5.74, 6) is -0.273. The van der Waals surface area contributed by atoms with Crippen molar-refractivity contribution >= 4 is 33.0 Å². The number of thiophene rings is 1. The van der Waals surface area contributed by atoms with Crippen molar-refractivity contribution in [2.75, 3.05) is 18.0 Å². The third kappa shape index (κ3) is 3.92. The molecular formula is C16H19NO4S2. The van der Waals surface area contributed by atoms with Crippen LogP contribution in [0.4, 0.5) is 5.69 Å². The van der Waals surface area contributed by atoms with Crippen LogP contribution < -0.4 is 4.31 Å². The number of anilines is 1. The van der Waals surface area contributed by atoms with Crippen LogP contribution in [0.5, 0.6) is 0 Å². The fourth-order valence-corrected chi connectivity index (χ4v) is 4.55. The molecular weight excluding hydrogens is 334 g/mol. The van der Waals surface area contributed by atoms with Gasteiger partial charge in [-0.25, -0.2) is 8.42 Å². The minimum absolute atomic E-state index is 0.189. The first-order chi connectivity index (χ1) is 10.9. The zero-order valence-corrected chi connectivity index (χ0v) is 14.9. The predicted molar refractivity (Wildman–Crippen MR) is 91.4 cm³/mol. The predicted octanol–water partition coefficient (Wildman–Crippen LogP) is 3.24. The zero-order valence-electron chi connectivity index (χ0n) is 13.2. The van der Waals surface area contributed by atoms with E-state index in [-0.39, 0.29) is 10.8 Å². The maximum Gasteiger partial charge on any atom is 0.326 e. The molecule has 0 radical (unpaired) electrons. The lowest BCUT2D eigenvalue weighted by molar-refractivity contribution is -0.138. The molecule has 0 bridgehead atoms. The number of carbonyl (C=O) groups excluding carboxylic acids is 1. The molecule has 0 fully saturated rings. The maximum atomic E-state index is 12.8. The highest BCUT2D eigenvalue weighted by Crippen LogP contribution is 2.27. The van der Waals surface area contributed by atoms with E-state index in [1.165, 1.54) is 13.2 Å². The Morgan fingerprint density at radius 1 is 1.22 bits per heavy atom. The Bertz CT molecular complexity index is 750. The average molecular weight is 353 g/mol. The number of esters is 1. The van der Waals surface area contributed by atoms with Gasteiger partial charge in [-0.2, -0.15) is 0 Å². The van der Waals surface area contributed by atoms with Gasteiger partial charge in [0.25, 0.3) is 10.0 Å². The van der Waals surface area contributed by atoms with Crippen LogP contribution in [0.2, 0.25) is 0 Å². The monoisotopic (exact) mass is 353 g/mol. The SMILES string of the molecule is COC(=O)CN(c1ccc(C(C)C)cc1)S(=O)(=O)c1cccs1.